The third-order valence-corrected chi connectivity index (χ3v) is 3.12. The maximum absolute atomic E-state index is 13.2. The zero-order valence-corrected chi connectivity index (χ0v) is 11.8. The molecule has 0 aliphatic heterocycles. The molecule has 0 saturated carbocycles. The molecular weight excluding hydrogens is 278 g/mol. The first-order chi connectivity index (χ1) is 9.93. The highest BCUT2D eigenvalue weighted by molar-refractivity contribution is 5.97. The molecule has 1 aromatic carbocycles. The fourth-order valence-corrected chi connectivity index (χ4v) is 2.04. The average molecular weight is 294 g/mol. The van der Waals surface area contributed by atoms with Crippen molar-refractivity contribution in [1.29, 1.82) is 0 Å². The normalized spacial score (nSPS) is 10.7. The lowest BCUT2D eigenvalue weighted by Gasteiger charge is -2.18. The SMILES string of the molecule is CCn1ncc(N)c1C(=O)N(C)Cc1ccc(F)c(F)c1. The van der Waals surface area contributed by atoms with Crippen LogP contribution >= 0.6 is 0 Å². The first-order valence-electron chi connectivity index (χ1n) is 6.44. The second-order valence-corrected chi connectivity index (χ2v) is 4.67. The van der Waals surface area contributed by atoms with Gasteiger partial charge in [0, 0.05) is 20.1 Å². The van der Waals surface area contributed by atoms with Crippen molar-refractivity contribution in [1.82, 2.24) is 14.7 Å². The molecule has 0 fully saturated rings. The lowest BCUT2D eigenvalue weighted by molar-refractivity contribution is 0.0773. The molecule has 1 heterocycles. The second kappa shape index (κ2) is 5.90. The van der Waals surface area contributed by atoms with Crippen molar-refractivity contribution in [2.75, 3.05) is 12.8 Å². The molecular formula is C14H16F2N4O. The molecule has 112 valence electrons. The number of benzene rings is 1. The number of nitrogen functional groups attached to an aromatic ring is 1. The molecule has 0 unspecified atom stereocenters. The number of hydrogen-bond donors (Lipinski definition) is 1. The van der Waals surface area contributed by atoms with E-state index in [1.165, 1.54) is 21.8 Å². The zero-order chi connectivity index (χ0) is 15.6. The Bertz CT molecular complexity index is 669. The maximum Gasteiger partial charge on any atom is 0.274 e. The minimum Gasteiger partial charge on any atom is -0.396 e. The highest BCUT2D eigenvalue weighted by Crippen LogP contribution is 2.16. The molecule has 2 rings (SSSR count). The number of anilines is 1. The molecule has 5 nitrogen and oxygen atoms in total. The molecule has 2 aromatic rings. The first-order valence-corrected chi connectivity index (χ1v) is 6.44. The van der Waals surface area contributed by atoms with Gasteiger partial charge in [0.1, 0.15) is 5.69 Å². The van der Waals surface area contributed by atoms with E-state index in [0.717, 1.165) is 12.1 Å². The molecule has 0 spiro atoms. The van der Waals surface area contributed by atoms with Gasteiger partial charge in [0.15, 0.2) is 11.6 Å². The molecule has 21 heavy (non-hydrogen) atoms. The highest BCUT2D eigenvalue weighted by atomic mass is 19.2. The van der Waals surface area contributed by atoms with Crippen LogP contribution in [0.25, 0.3) is 0 Å². The lowest BCUT2D eigenvalue weighted by atomic mass is 10.2. The van der Waals surface area contributed by atoms with Crippen molar-refractivity contribution in [3.05, 3.63) is 47.3 Å². The van der Waals surface area contributed by atoms with Crippen molar-refractivity contribution in [2.45, 2.75) is 20.0 Å². The molecule has 0 radical (unpaired) electrons. The van der Waals surface area contributed by atoms with Crippen molar-refractivity contribution in [3.63, 3.8) is 0 Å². The second-order valence-electron chi connectivity index (χ2n) is 4.67. The van der Waals surface area contributed by atoms with Crippen LogP contribution in [-0.4, -0.2) is 27.6 Å². The minimum atomic E-state index is -0.938. The van der Waals surface area contributed by atoms with Crippen LogP contribution in [0.4, 0.5) is 14.5 Å². The lowest BCUT2D eigenvalue weighted by Crippen LogP contribution is -2.29. The van der Waals surface area contributed by atoms with E-state index in [9.17, 15) is 13.6 Å². The van der Waals surface area contributed by atoms with E-state index in [1.807, 2.05) is 6.92 Å². The van der Waals surface area contributed by atoms with Crippen LogP contribution < -0.4 is 5.73 Å². The Morgan fingerprint density at radius 3 is 2.71 bits per heavy atom. The predicted octanol–water partition coefficient (Wildman–Crippen LogP) is 2.04. The van der Waals surface area contributed by atoms with Gasteiger partial charge >= 0.3 is 0 Å². The van der Waals surface area contributed by atoms with E-state index >= 15 is 0 Å². The molecule has 0 aliphatic rings. The van der Waals surface area contributed by atoms with Crippen LogP contribution in [-0.2, 0) is 13.1 Å². The smallest absolute Gasteiger partial charge is 0.274 e. The number of nitrogens with zero attached hydrogens (tertiary/aromatic N) is 3. The predicted molar refractivity (Wildman–Crippen MR) is 74.5 cm³/mol. The molecule has 0 atom stereocenters. The number of carbonyl (C=O) groups is 1. The molecule has 0 bridgehead atoms. The average Bonchev–Trinajstić information content (AvgIpc) is 2.83. The molecule has 1 amide bonds. The van der Waals surface area contributed by atoms with Crippen LogP contribution in [0.2, 0.25) is 0 Å². The quantitative estimate of drug-likeness (QED) is 0.938. The Labute approximate surface area is 121 Å². The van der Waals surface area contributed by atoms with Gasteiger partial charge in [-0.2, -0.15) is 5.10 Å². The number of aryl methyl sites for hydroxylation is 1. The van der Waals surface area contributed by atoms with Crippen LogP contribution in [0.5, 0.6) is 0 Å². The fourth-order valence-electron chi connectivity index (χ4n) is 2.04. The van der Waals surface area contributed by atoms with Gasteiger partial charge in [-0.15, -0.1) is 0 Å². The van der Waals surface area contributed by atoms with Crippen molar-refractivity contribution < 1.29 is 13.6 Å². The van der Waals surface area contributed by atoms with Gasteiger partial charge in [0.05, 0.1) is 11.9 Å². The van der Waals surface area contributed by atoms with E-state index in [-0.39, 0.29) is 12.5 Å². The van der Waals surface area contributed by atoms with E-state index in [4.69, 9.17) is 5.73 Å². The summed E-state index contributed by atoms with van der Waals surface area (Å²) < 4.78 is 27.6. The van der Waals surface area contributed by atoms with Gasteiger partial charge in [-0.1, -0.05) is 6.07 Å². The highest BCUT2D eigenvalue weighted by Gasteiger charge is 2.20. The summed E-state index contributed by atoms with van der Waals surface area (Å²) >= 11 is 0. The van der Waals surface area contributed by atoms with Crippen molar-refractivity contribution in [2.24, 2.45) is 0 Å². The van der Waals surface area contributed by atoms with Gasteiger partial charge < -0.3 is 10.6 Å². The first kappa shape index (κ1) is 15.0. The van der Waals surface area contributed by atoms with Crippen molar-refractivity contribution in [3.8, 4) is 0 Å². The summed E-state index contributed by atoms with van der Waals surface area (Å²) in [5.74, 6) is -2.18. The van der Waals surface area contributed by atoms with E-state index in [2.05, 4.69) is 5.10 Å². The van der Waals surface area contributed by atoms with Crippen molar-refractivity contribution >= 4 is 11.6 Å². The number of nitrogens with two attached hydrogens (primary N) is 1. The third kappa shape index (κ3) is 3.01. The Morgan fingerprint density at radius 1 is 1.38 bits per heavy atom. The van der Waals surface area contributed by atoms with Crippen LogP contribution in [0.1, 0.15) is 23.0 Å². The zero-order valence-electron chi connectivity index (χ0n) is 11.8. The molecule has 0 aliphatic carbocycles. The summed E-state index contributed by atoms with van der Waals surface area (Å²) in [6.45, 7) is 2.50. The standard InChI is InChI=1S/C14H16F2N4O/c1-3-20-13(12(17)7-18-20)14(21)19(2)8-9-4-5-10(15)11(16)6-9/h4-7H,3,8,17H2,1-2H3. The minimum absolute atomic E-state index is 0.143. The summed E-state index contributed by atoms with van der Waals surface area (Å²) in [5, 5.41) is 4.01. The Kier molecular flexibility index (Phi) is 4.21. The van der Waals surface area contributed by atoms with Crippen LogP contribution in [0.3, 0.4) is 0 Å². The summed E-state index contributed by atoms with van der Waals surface area (Å²) in [5.41, 5.74) is 6.83. The summed E-state index contributed by atoms with van der Waals surface area (Å²) in [6, 6.07) is 3.54. The van der Waals surface area contributed by atoms with Crippen LogP contribution in [0, 0.1) is 11.6 Å². The van der Waals surface area contributed by atoms with Gasteiger partial charge in [-0.25, -0.2) is 8.78 Å². The maximum atomic E-state index is 13.2. The molecule has 1 aromatic heterocycles. The number of aromatic nitrogens is 2. The summed E-state index contributed by atoms with van der Waals surface area (Å²) in [4.78, 5) is 13.8. The monoisotopic (exact) mass is 294 g/mol. The Hall–Kier alpha value is -2.44. The Balaban J connectivity index is 2.19. The number of rotatable bonds is 4. The topological polar surface area (TPSA) is 64.2 Å². The molecule has 0 saturated heterocycles. The summed E-state index contributed by atoms with van der Waals surface area (Å²) in [7, 11) is 1.57. The largest absolute Gasteiger partial charge is 0.396 e. The summed E-state index contributed by atoms with van der Waals surface area (Å²) in [6.07, 6.45) is 1.42. The van der Waals surface area contributed by atoms with Gasteiger partial charge in [0.25, 0.3) is 5.91 Å². The number of carbonyl (C=O) groups excluding carboxylic acids is 1. The third-order valence-electron chi connectivity index (χ3n) is 3.12. The van der Waals surface area contributed by atoms with E-state index < -0.39 is 11.6 Å². The van der Waals surface area contributed by atoms with Gasteiger partial charge in [0.2, 0.25) is 0 Å². The van der Waals surface area contributed by atoms with E-state index in [0.29, 0.717) is 23.5 Å². The van der Waals surface area contributed by atoms with Gasteiger partial charge in [-0.3, -0.25) is 9.48 Å². The number of amides is 1. The number of halogens is 2. The van der Waals surface area contributed by atoms with E-state index in [1.54, 1.807) is 7.05 Å². The molecule has 2 N–H and O–H groups in total. The fraction of sp³-hybridized carbons (Fsp3) is 0.286. The van der Waals surface area contributed by atoms with Crippen LogP contribution in [0.15, 0.2) is 24.4 Å². The van der Waals surface area contributed by atoms with Gasteiger partial charge in [-0.05, 0) is 24.6 Å². The number of hydrogen-bond acceptors (Lipinski definition) is 3. The molecule has 7 heteroatoms. The Morgan fingerprint density at radius 2 is 2.10 bits per heavy atom.